The predicted molar refractivity (Wildman–Crippen MR) is 96.2 cm³/mol. The molecule has 5 heteroatoms. The Kier molecular flexibility index (Phi) is 5.52. The van der Waals surface area contributed by atoms with E-state index >= 15 is 0 Å². The Morgan fingerprint density at radius 1 is 1.08 bits per heavy atom. The highest BCUT2D eigenvalue weighted by Crippen LogP contribution is 2.24. The summed E-state index contributed by atoms with van der Waals surface area (Å²) in [6, 6.07) is 15.0. The van der Waals surface area contributed by atoms with Crippen LogP contribution in [0.4, 0.5) is 10.1 Å². The molecule has 0 radical (unpaired) electrons. The highest BCUT2D eigenvalue weighted by molar-refractivity contribution is 5.60. The van der Waals surface area contributed by atoms with Crippen LogP contribution in [0.5, 0.6) is 5.75 Å². The second kappa shape index (κ2) is 8.00. The van der Waals surface area contributed by atoms with Crippen LogP contribution in [0.2, 0.25) is 0 Å². The Bertz CT molecular complexity index is 755. The number of nitriles is 1. The van der Waals surface area contributed by atoms with E-state index in [4.69, 9.17) is 4.74 Å². The molecule has 130 valence electrons. The topological polar surface area (TPSA) is 39.5 Å². The van der Waals surface area contributed by atoms with E-state index in [0.29, 0.717) is 5.69 Å². The van der Waals surface area contributed by atoms with Crippen molar-refractivity contribution >= 4 is 5.69 Å². The molecule has 0 saturated carbocycles. The fourth-order valence-corrected chi connectivity index (χ4v) is 3.25. The van der Waals surface area contributed by atoms with Crippen molar-refractivity contribution in [1.82, 2.24) is 4.90 Å². The predicted octanol–water partition coefficient (Wildman–Crippen LogP) is 3.42. The van der Waals surface area contributed by atoms with Gasteiger partial charge in [0.2, 0.25) is 0 Å². The number of benzene rings is 2. The van der Waals surface area contributed by atoms with Crippen molar-refractivity contribution in [2.75, 3.05) is 38.2 Å². The number of nitrogens with zero attached hydrogens (tertiary/aromatic N) is 3. The van der Waals surface area contributed by atoms with Crippen LogP contribution in [0.15, 0.2) is 42.5 Å². The van der Waals surface area contributed by atoms with Gasteiger partial charge in [-0.25, -0.2) is 4.39 Å². The van der Waals surface area contributed by atoms with Gasteiger partial charge in [-0.1, -0.05) is 18.2 Å². The van der Waals surface area contributed by atoms with Crippen molar-refractivity contribution in [2.45, 2.75) is 13.0 Å². The monoisotopic (exact) mass is 339 g/mol. The largest absolute Gasteiger partial charge is 0.497 e. The van der Waals surface area contributed by atoms with E-state index in [1.165, 1.54) is 11.6 Å². The van der Waals surface area contributed by atoms with Crippen molar-refractivity contribution < 1.29 is 9.13 Å². The van der Waals surface area contributed by atoms with Gasteiger partial charge in [0.1, 0.15) is 23.2 Å². The SMILES string of the molecule is COc1ccc(CN2CCCN(c3cccc(F)c3C#N)CC2)cc1. The quantitative estimate of drug-likeness (QED) is 0.856. The van der Waals surface area contributed by atoms with Crippen LogP contribution in [0.3, 0.4) is 0 Å². The maximum absolute atomic E-state index is 13.9. The molecule has 1 heterocycles. The van der Waals surface area contributed by atoms with Gasteiger partial charge in [0, 0.05) is 32.7 Å². The van der Waals surface area contributed by atoms with E-state index < -0.39 is 5.82 Å². The fraction of sp³-hybridized carbons (Fsp3) is 0.350. The van der Waals surface area contributed by atoms with Crippen molar-refractivity contribution in [3.05, 3.63) is 59.4 Å². The summed E-state index contributed by atoms with van der Waals surface area (Å²) in [7, 11) is 1.67. The van der Waals surface area contributed by atoms with Gasteiger partial charge in [0.25, 0.3) is 0 Å². The Morgan fingerprint density at radius 3 is 2.60 bits per heavy atom. The van der Waals surface area contributed by atoms with Crippen molar-refractivity contribution in [3.8, 4) is 11.8 Å². The number of hydrogen-bond acceptors (Lipinski definition) is 4. The van der Waals surface area contributed by atoms with Gasteiger partial charge in [0.05, 0.1) is 12.8 Å². The molecule has 0 amide bonds. The van der Waals surface area contributed by atoms with Crippen molar-refractivity contribution in [3.63, 3.8) is 0 Å². The average Bonchev–Trinajstić information content (AvgIpc) is 2.87. The molecule has 3 rings (SSSR count). The summed E-state index contributed by atoms with van der Waals surface area (Å²) in [6.07, 6.45) is 0.984. The van der Waals surface area contributed by atoms with Crippen LogP contribution < -0.4 is 9.64 Å². The summed E-state index contributed by atoms with van der Waals surface area (Å²) >= 11 is 0. The molecule has 0 unspecified atom stereocenters. The van der Waals surface area contributed by atoms with Gasteiger partial charge < -0.3 is 9.64 Å². The lowest BCUT2D eigenvalue weighted by molar-refractivity contribution is 0.285. The molecule has 1 saturated heterocycles. The number of halogens is 1. The zero-order valence-electron chi connectivity index (χ0n) is 14.4. The summed E-state index contributed by atoms with van der Waals surface area (Å²) in [4.78, 5) is 4.52. The third-order valence-electron chi connectivity index (χ3n) is 4.60. The highest BCUT2D eigenvalue weighted by atomic mass is 19.1. The number of hydrogen-bond donors (Lipinski definition) is 0. The number of ether oxygens (including phenoxy) is 1. The van der Waals surface area contributed by atoms with E-state index in [1.54, 1.807) is 13.2 Å². The normalized spacial score (nSPS) is 15.5. The zero-order chi connectivity index (χ0) is 17.6. The minimum Gasteiger partial charge on any atom is -0.497 e. The van der Waals surface area contributed by atoms with Crippen LogP contribution in [0, 0.1) is 17.1 Å². The minimum absolute atomic E-state index is 0.145. The molecule has 0 N–H and O–H groups in total. The van der Waals surface area contributed by atoms with Crippen LogP contribution in [0.25, 0.3) is 0 Å². The molecular formula is C20H22FN3O. The Morgan fingerprint density at radius 2 is 1.88 bits per heavy atom. The Balaban J connectivity index is 1.66. The molecule has 1 aliphatic rings. The Labute approximate surface area is 148 Å². The van der Waals surface area contributed by atoms with Gasteiger partial charge in [-0.15, -0.1) is 0 Å². The summed E-state index contributed by atoms with van der Waals surface area (Å²) in [5.74, 6) is 0.417. The first-order chi connectivity index (χ1) is 12.2. The maximum atomic E-state index is 13.9. The first-order valence-electron chi connectivity index (χ1n) is 8.50. The third kappa shape index (κ3) is 4.09. The van der Waals surface area contributed by atoms with Gasteiger partial charge >= 0.3 is 0 Å². The first kappa shape index (κ1) is 17.2. The fourth-order valence-electron chi connectivity index (χ4n) is 3.25. The zero-order valence-corrected chi connectivity index (χ0v) is 14.4. The van der Waals surface area contributed by atoms with E-state index in [2.05, 4.69) is 21.9 Å². The van der Waals surface area contributed by atoms with E-state index in [1.807, 2.05) is 24.3 Å². The lowest BCUT2D eigenvalue weighted by Gasteiger charge is -2.24. The lowest BCUT2D eigenvalue weighted by atomic mass is 10.1. The molecule has 25 heavy (non-hydrogen) atoms. The summed E-state index contributed by atoms with van der Waals surface area (Å²) < 4.78 is 19.1. The standard InChI is InChI=1S/C20H22FN3O/c1-25-17-8-6-16(7-9-17)15-23-10-3-11-24(13-12-23)20-5-2-4-19(21)18(20)14-22/h2,4-9H,3,10-13,15H2,1H3. The number of anilines is 1. The first-order valence-corrected chi connectivity index (χ1v) is 8.50. The third-order valence-corrected chi connectivity index (χ3v) is 4.60. The minimum atomic E-state index is -0.445. The molecular weight excluding hydrogens is 317 g/mol. The molecule has 0 spiro atoms. The highest BCUT2D eigenvalue weighted by Gasteiger charge is 2.19. The van der Waals surface area contributed by atoms with Crippen LogP contribution in [-0.2, 0) is 6.54 Å². The van der Waals surface area contributed by atoms with E-state index in [-0.39, 0.29) is 5.56 Å². The second-order valence-corrected chi connectivity index (χ2v) is 6.21. The van der Waals surface area contributed by atoms with Crippen molar-refractivity contribution in [1.29, 1.82) is 5.26 Å². The molecule has 2 aromatic rings. The molecule has 0 aliphatic carbocycles. The number of methoxy groups -OCH3 is 1. The number of rotatable bonds is 4. The summed E-state index contributed by atoms with van der Waals surface area (Å²) in [5, 5.41) is 9.25. The van der Waals surface area contributed by atoms with Crippen LogP contribution in [0.1, 0.15) is 17.5 Å². The molecule has 0 bridgehead atoms. The van der Waals surface area contributed by atoms with Crippen molar-refractivity contribution in [2.24, 2.45) is 0 Å². The molecule has 2 aromatic carbocycles. The van der Waals surface area contributed by atoms with Crippen LogP contribution >= 0.6 is 0 Å². The van der Waals surface area contributed by atoms with Crippen LogP contribution in [-0.4, -0.2) is 38.2 Å². The molecule has 1 aliphatic heterocycles. The van der Waals surface area contributed by atoms with Gasteiger partial charge in [-0.3, -0.25) is 4.90 Å². The maximum Gasteiger partial charge on any atom is 0.143 e. The van der Waals surface area contributed by atoms with E-state index in [9.17, 15) is 9.65 Å². The summed E-state index contributed by atoms with van der Waals surface area (Å²) in [5.41, 5.74) is 2.10. The van der Waals surface area contributed by atoms with E-state index in [0.717, 1.165) is 44.9 Å². The van der Waals surface area contributed by atoms with Gasteiger partial charge in [-0.2, -0.15) is 5.26 Å². The average molecular weight is 339 g/mol. The lowest BCUT2D eigenvalue weighted by Crippen LogP contribution is -2.31. The van der Waals surface area contributed by atoms with Gasteiger partial charge in [-0.05, 0) is 36.2 Å². The molecule has 0 aromatic heterocycles. The molecule has 0 atom stereocenters. The molecule has 4 nitrogen and oxygen atoms in total. The second-order valence-electron chi connectivity index (χ2n) is 6.21. The molecule has 1 fully saturated rings. The Hall–Kier alpha value is -2.58. The smallest absolute Gasteiger partial charge is 0.143 e. The summed E-state index contributed by atoms with van der Waals surface area (Å²) in [6.45, 7) is 4.37. The van der Waals surface area contributed by atoms with Gasteiger partial charge in [0.15, 0.2) is 0 Å².